The number of aliphatic hydroxyl groups excluding tert-OH is 12. The molecule has 6 aliphatic rings. The van der Waals surface area contributed by atoms with Gasteiger partial charge in [-0.05, 0) is 65.7 Å². The van der Waals surface area contributed by atoms with E-state index in [0.29, 0.717) is 18.2 Å². The molecule has 0 aromatic heterocycles. The summed E-state index contributed by atoms with van der Waals surface area (Å²) in [5, 5.41) is 223. The van der Waals surface area contributed by atoms with E-state index >= 15 is 0 Å². The fourth-order valence-electron chi connectivity index (χ4n) is 11.0. The second-order valence-corrected chi connectivity index (χ2v) is 23.8. The van der Waals surface area contributed by atoms with Crippen LogP contribution in [0.1, 0.15) is 40.9 Å². The lowest BCUT2D eigenvalue weighted by molar-refractivity contribution is -0.460. The van der Waals surface area contributed by atoms with Gasteiger partial charge >= 0.3 is 41.8 Å². The second-order valence-electron chi connectivity index (χ2n) is 23.8. The highest BCUT2D eigenvalue weighted by atomic mass is 17.2. The van der Waals surface area contributed by atoms with Crippen LogP contribution in [-0.4, -0.2) is 296 Å². The Morgan fingerprint density at radius 1 is 0.543 bits per heavy atom. The van der Waals surface area contributed by atoms with Crippen LogP contribution in [0.2, 0.25) is 0 Å². The zero-order valence-electron chi connectivity index (χ0n) is 53.3. The van der Waals surface area contributed by atoms with E-state index in [-0.39, 0.29) is 11.1 Å². The van der Waals surface area contributed by atoms with Gasteiger partial charge in [0.15, 0.2) is 70.4 Å². The topological polar surface area (TPSA) is 680 Å². The van der Waals surface area contributed by atoms with Crippen LogP contribution in [-0.2, 0) is 76.4 Å². The molecule has 568 valence electrons. The van der Waals surface area contributed by atoms with Crippen LogP contribution in [0, 0.1) is 0 Å². The fraction of sp³-hybridized carbons (Fsp3) is 0.406. The van der Waals surface area contributed by atoms with Crippen molar-refractivity contribution in [3.8, 4) is 62.9 Å². The minimum absolute atomic E-state index is 0.0863. The molecule has 3 aromatic rings. The van der Waals surface area contributed by atoms with Crippen molar-refractivity contribution < 1.29 is 198 Å². The summed E-state index contributed by atoms with van der Waals surface area (Å²) < 4.78 is 55.4. The first-order valence-electron chi connectivity index (χ1n) is 30.8. The third kappa shape index (κ3) is 17.8. The van der Waals surface area contributed by atoms with Crippen molar-refractivity contribution in [2.24, 2.45) is 0 Å². The normalized spacial score (nSPS) is 29.7. The van der Waals surface area contributed by atoms with E-state index in [9.17, 15) is 140 Å². The Hall–Kier alpha value is -10.3. The third-order valence-electron chi connectivity index (χ3n) is 16.6. The summed E-state index contributed by atoms with van der Waals surface area (Å²) >= 11 is 0. The van der Waals surface area contributed by atoms with Crippen molar-refractivity contribution in [2.45, 2.75) is 141 Å². The average molecular weight is 1490 g/mol. The van der Waals surface area contributed by atoms with Crippen LogP contribution in [0.25, 0.3) is 34.8 Å². The largest absolute Gasteiger partial charge is 0.510 e. The summed E-state index contributed by atoms with van der Waals surface area (Å²) in [6.07, 6.45) is -47.7. The van der Waals surface area contributed by atoms with Gasteiger partial charge in [0, 0.05) is 34.9 Å². The SMILES string of the molecule is O=C(C=Cc1ccc(O)c(O)c1)O[C@H]1[C@H](OO[C@@H]2[C@@H](O)[C@@H](O)[C@@H](COC(=O)CC(=O)OC(C(=O)O)C(O)C(=O)O)O[C@H]2c2cc3c(=O)cc(O[C@@H]4O[C@H](COC(=[OH+])C=Cc5ccc(O)c(O)c5)[C@@H](O)[C@H](O)[C@H]4O)cc-3oc2-c2cc(O)c(O)c([C@@H]3O[C@H](C(=O)O)[C@@H](O)[C@H](O)[C@H]3O)c2)O[C@H](CO)[C@@H](O)[C@@H]1O. The molecular formula is C64H67O41+. The van der Waals surface area contributed by atoms with Gasteiger partial charge < -0.3 is 159 Å². The van der Waals surface area contributed by atoms with Crippen LogP contribution in [0.3, 0.4) is 0 Å². The molecule has 105 heavy (non-hydrogen) atoms. The van der Waals surface area contributed by atoms with Crippen LogP contribution < -0.4 is 10.2 Å². The van der Waals surface area contributed by atoms with Gasteiger partial charge in [0.05, 0.1) is 18.2 Å². The summed E-state index contributed by atoms with van der Waals surface area (Å²) in [5.74, 6) is -18.6. The van der Waals surface area contributed by atoms with E-state index in [1.165, 1.54) is 18.2 Å². The molecule has 0 amide bonds. The molecule has 41 heteroatoms. The molecule has 41 nitrogen and oxygen atoms in total. The number of ether oxygens (including phenoxy) is 9. The van der Waals surface area contributed by atoms with E-state index < -0.39 is 282 Å². The number of aromatic hydroxyl groups is 6. The van der Waals surface area contributed by atoms with E-state index in [1.54, 1.807) is 0 Å². The van der Waals surface area contributed by atoms with Gasteiger partial charge in [0.2, 0.25) is 25.3 Å². The average Bonchev–Trinajstić information content (AvgIpc) is 0.744. The van der Waals surface area contributed by atoms with Crippen LogP contribution in [0.15, 0.2) is 88.1 Å². The number of carboxylic acid groups (broad SMARTS) is 3. The molecule has 2 unspecified atom stereocenters. The second kappa shape index (κ2) is 33.2. The quantitative estimate of drug-likeness (QED) is 0.00379. The zero-order valence-corrected chi connectivity index (χ0v) is 53.3. The minimum atomic E-state index is -2.86. The molecule has 1 aliphatic carbocycles. The fourth-order valence-corrected chi connectivity index (χ4v) is 11.0. The molecule has 22 atom stereocenters. The van der Waals surface area contributed by atoms with Gasteiger partial charge in [0.25, 0.3) is 0 Å². The molecular weight excluding hydrogens is 1420 g/mol. The van der Waals surface area contributed by atoms with Gasteiger partial charge in [-0.1, -0.05) is 12.1 Å². The van der Waals surface area contributed by atoms with Crippen molar-refractivity contribution in [1.82, 2.24) is 0 Å². The van der Waals surface area contributed by atoms with Crippen LogP contribution in [0.5, 0.6) is 40.2 Å². The Labute approximate surface area is 585 Å². The van der Waals surface area contributed by atoms with Crippen molar-refractivity contribution in [1.29, 1.82) is 0 Å². The summed E-state index contributed by atoms with van der Waals surface area (Å²) in [7, 11) is 0. The maximum absolute atomic E-state index is 14.6. The molecule has 3 aromatic carbocycles. The highest BCUT2D eigenvalue weighted by Crippen LogP contribution is 2.48. The maximum atomic E-state index is 14.6. The standard InChI is InChI=1S/C64H66O41/c65-17-34-42(77)48(83)59(101-38(73)8-4-21-2-6-28(67)31(70)10-21)64(99-34)105-104-56-47(82)44(79)35(18-95-39(74)16-40(75)102-58(62(92)93)52(87)60(88)89)98-55(56)26-15-24-29(68)13-23(96-63-51(86)45(80)43(78)36(100-63)19-94-37(72)7-3-20-1-5-27(66)30(69)9-20)14-33(24)97-53(26)22-11-25(41(76)32(71)12-22)54-49(84)46(81)50(85)57(103-54)61(90)91/h1-15,34-36,42-52,54-59,63-67,69-71,76-87H,16-19H2,(H,88,89)(H,90,91)(H,92,93)/p+1/t34-,35-,36-,42-,43-,44+,45+,46-,47+,48+,49-,50+,51-,52?,54+,55+,56-,57+,58?,59-,63-,64+/m1/s1. The number of hydrogen-bond acceptors (Lipinski definition) is 37. The number of carboxylic acids is 3. The minimum Gasteiger partial charge on any atom is -0.504 e. The molecule has 5 heterocycles. The Balaban J connectivity index is 1.13. The lowest BCUT2D eigenvalue weighted by Gasteiger charge is -2.44. The van der Waals surface area contributed by atoms with E-state index in [2.05, 4.69) is 4.74 Å². The van der Waals surface area contributed by atoms with E-state index in [4.69, 9.17) is 57.2 Å². The number of rotatable bonds is 25. The number of carbonyl (C=O) groups excluding carboxylic acids is 4. The highest BCUT2D eigenvalue weighted by Gasteiger charge is 2.54. The predicted molar refractivity (Wildman–Crippen MR) is 331 cm³/mol. The molecule has 9 rings (SSSR count). The predicted octanol–water partition coefficient (Wildman–Crippen LogP) is -5.41. The number of benzene rings is 4. The smallest absolute Gasteiger partial charge is 0.504 e. The molecule has 5 aliphatic heterocycles. The Morgan fingerprint density at radius 3 is 1.75 bits per heavy atom. The number of phenols is 6. The van der Waals surface area contributed by atoms with Crippen molar-refractivity contribution >= 4 is 53.9 Å². The first-order chi connectivity index (χ1) is 49.6. The highest BCUT2D eigenvalue weighted by molar-refractivity contribution is 5.93. The van der Waals surface area contributed by atoms with Crippen molar-refractivity contribution in [3.63, 3.8) is 0 Å². The Kier molecular flexibility index (Phi) is 25.0. The third-order valence-corrected chi connectivity index (χ3v) is 16.6. The molecule has 4 fully saturated rings. The zero-order chi connectivity index (χ0) is 76.9. The summed E-state index contributed by atoms with van der Waals surface area (Å²) in [5.41, 5.74) is -3.58. The van der Waals surface area contributed by atoms with Crippen molar-refractivity contribution in [3.05, 3.63) is 111 Å². The Bertz CT molecular complexity index is 4110. The van der Waals surface area contributed by atoms with Gasteiger partial charge in [-0.15, -0.1) is 0 Å². The van der Waals surface area contributed by atoms with Crippen LogP contribution >= 0.6 is 0 Å². The number of fused-ring (bicyclic) bond motifs is 1. The van der Waals surface area contributed by atoms with Gasteiger partial charge in [-0.25, -0.2) is 24.1 Å². The molecule has 0 spiro atoms. The lowest BCUT2D eigenvalue weighted by Crippen LogP contribution is -2.61. The maximum Gasteiger partial charge on any atom is 0.510 e. The van der Waals surface area contributed by atoms with Crippen LogP contribution in [0.4, 0.5) is 0 Å². The van der Waals surface area contributed by atoms with E-state index in [1.807, 2.05) is 0 Å². The van der Waals surface area contributed by atoms with E-state index in [0.717, 1.165) is 54.6 Å². The first-order valence-corrected chi connectivity index (χ1v) is 30.8. The number of hydrogen-bond donors (Lipinski definition) is 21. The number of carbonyl (C=O) groups is 6. The van der Waals surface area contributed by atoms with Crippen molar-refractivity contribution in [2.75, 3.05) is 19.8 Å². The molecule has 4 saturated heterocycles. The molecule has 0 radical (unpaired) electrons. The molecule has 22 N–H and O–H groups in total. The molecule has 0 saturated carbocycles. The van der Waals surface area contributed by atoms with Gasteiger partial charge in [-0.2, -0.15) is 4.89 Å². The summed E-state index contributed by atoms with van der Waals surface area (Å²) in [6.45, 7) is -3.22. The first kappa shape index (κ1) is 78.9. The van der Waals surface area contributed by atoms with Gasteiger partial charge in [0.1, 0.15) is 116 Å². The molecule has 0 bridgehead atoms. The number of aliphatic hydroxyl groups is 12. The monoisotopic (exact) mass is 1490 g/mol. The summed E-state index contributed by atoms with van der Waals surface area (Å²) in [6, 6.07) is 10.8. The Morgan fingerprint density at radius 2 is 1.13 bits per heavy atom. The number of phenolic OH excluding ortho intramolecular Hbond substituents is 6. The summed E-state index contributed by atoms with van der Waals surface area (Å²) in [4.78, 5) is 111. The number of esters is 4. The van der Waals surface area contributed by atoms with Gasteiger partial charge in [-0.3, -0.25) is 14.4 Å². The lowest BCUT2D eigenvalue weighted by atomic mass is 9.87. The number of aliphatic carboxylic acids is 3.